The van der Waals surface area contributed by atoms with Gasteiger partial charge in [0.2, 0.25) is 0 Å². The number of allylic oxidation sites excluding steroid dienone is 2. The van der Waals surface area contributed by atoms with Gasteiger partial charge >= 0.3 is 7.60 Å². The maximum atomic E-state index is 12.5. The van der Waals surface area contributed by atoms with E-state index in [9.17, 15) is 4.57 Å². The van der Waals surface area contributed by atoms with E-state index in [4.69, 9.17) is 9.05 Å². The third kappa shape index (κ3) is 3.24. The van der Waals surface area contributed by atoms with Crippen LogP contribution in [0.4, 0.5) is 0 Å². The van der Waals surface area contributed by atoms with Crippen molar-refractivity contribution in [2.24, 2.45) is 0 Å². The lowest BCUT2D eigenvalue weighted by Gasteiger charge is -2.22. The Morgan fingerprint density at radius 1 is 1.31 bits per heavy atom. The summed E-state index contributed by atoms with van der Waals surface area (Å²) in [5.41, 5.74) is 2.47. The zero-order valence-electron chi connectivity index (χ0n) is 10.3. The third-order valence-corrected chi connectivity index (χ3v) is 6.23. The smallest absolute Gasteiger partial charge is 0.305 e. The van der Waals surface area contributed by atoms with Crippen LogP contribution in [0.5, 0.6) is 0 Å². The fraction of sp³-hybridized carbons (Fsp3) is 0.636. The van der Waals surface area contributed by atoms with Crippen LogP contribution in [0.1, 0.15) is 27.7 Å². The van der Waals surface area contributed by atoms with Crippen LogP contribution >= 0.6 is 19.4 Å². The third-order valence-electron chi connectivity index (χ3n) is 2.32. The molecule has 1 rings (SSSR count). The molecule has 0 N–H and O–H groups in total. The summed E-state index contributed by atoms with van der Waals surface area (Å²) in [5, 5.41) is 0. The van der Waals surface area contributed by atoms with Gasteiger partial charge in [-0.05, 0) is 39.3 Å². The molecule has 0 amide bonds. The largest absolute Gasteiger partial charge is 0.367 e. The molecule has 1 heterocycles. The lowest BCUT2D eigenvalue weighted by atomic mass is 10.2. The Labute approximate surface area is 102 Å². The minimum absolute atomic E-state index is 0.400. The highest BCUT2D eigenvalue weighted by Gasteiger charge is 2.31. The van der Waals surface area contributed by atoms with E-state index in [0.29, 0.717) is 13.2 Å². The van der Waals surface area contributed by atoms with Crippen LogP contribution in [0.2, 0.25) is 0 Å². The Kier molecular flexibility index (Phi) is 5.32. The Bertz CT molecular complexity index is 350. The lowest BCUT2D eigenvalue weighted by Crippen LogP contribution is -2.01. The molecular weight excluding hydrogens is 243 g/mol. The van der Waals surface area contributed by atoms with Gasteiger partial charge in [-0.3, -0.25) is 4.57 Å². The summed E-state index contributed by atoms with van der Waals surface area (Å²) >= 11 is 1.55. The molecule has 0 aromatic heterocycles. The molecule has 0 saturated carbocycles. The highest BCUT2D eigenvalue weighted by atomic mass is 32.2. The van der Waals surface area contributed by atoms with Crippen molar-refractivity contribution in [3.8, 4) is 0 Å². The molecule has 1 aliphatic heterocycles. The molecule has 0 aromatic carbocycles. The van der Waals surface area contributed by atoms with Gasteiger partial charge in [0, 0.05) is 5.75 Å². The summed E-state index contributed by atoms with van der Waals surface area (Å²) in [6, 6.07) is 0. The van der Waals surface area contributed by atoms with Gasteiger partial charge < -0.3 is 9.05 Å². The van der Waals surface area contributed by atoms with E-state index in [1.807, 2.05) is 26.8 Å². The molecule has 0 fully saturated rings. The van der Waals surface area contributed by atoms with E-state index >= 15 is 0 Å². The Hall–Kier alpha value is -0.0200. The fourth-order valence-corrected chi connectivity index (χ4v) is 4.66. The van der Waals surface area contributed by atoms with Gasteiger partial charge in [-0.1, -0.05) is 5.57 Å². The van der Waals surface area contributed by atoms with Crippen molar-refractivity contribution in [3.05, 3.63) is 21.9 Å². The molecule has 0 saturated heterocycles. The van der Waals surface area contributed by atoms with Crippen LogP contribution in [0.15, 0.2) is 21.9 Å². The zero-order valence-corrected chi connectivity index (χ0v) is 12.0. The molecule has 0 aromatic rings. The second-order valence-electron chi connectivity index (χ2n) is 3.57. The quantitative estimate of drug-likeness (QED) is 0.696. The number of thioether (sulfide) groups is 1. The summed E-state index contributed by atoms with van der Waals surface area (Å²) < 4.78 is 23.8. The maximum Gasteiger partial charge on any atom is 0.367 e. The van der Waals surface area contributed by atoms with Crippen LogP contribution in [-0.4, -0.2) is 19.0 Å². The lowest BCUT2D eigenvalue weighted by molar-refractivity contribution is 0.228. The highest BCUT2D eigenvalue weighted by Crippen LogP contribution is 2.61. The van der Waals surface area contributed by atoms with Crippen molar-refractivity contribution >= 4 is 19.4 Å². The second-order valence-corrected chi connectivity index (χ2v) is 6.88. The first-order valence-corrected chi connectivity index (χ1v) is 7.96. The van der Waals surface area contributed by atoms with Crippen molar-refractivity contribution in [1.29, 1.82) is 0 Å². The molecular formula is C11H19O3PS. The first kappa shape index (κ1) is 14.0. The predicted molar refractivity (Wildman–Crippen MR) is 69.8 cm³/mol. The monoisotopic (exact) mass is 262 g/mol. The average molecular weight is 262 g/mol. The molecule has 3 nitrogen and oxygen atoms in total. The van der Waals surface area contributed by atoms with E-state index in [2.05, 4.69) is 6.92 Å². The first-order chi connectivity index (χ1) is 7.53. The number of hydrogen-bond donors (Lipinski definition) is 0. The summed E-state index contributed by atoms with van der Waals surface area (Å²) in [4.78, 5) is 0. The van der Waals surface area contributed by atoms with Crippen LogP contribution in [0.25, 0.3) is 0 Å². The van der Waals surface area contributed by atoms with Crippen molar-refractivity contribution in [1.82, 2.24) is 0 Å². The van der Waals surface area contributed by atoms with Gasteiger partial charge in [0.25, 0.3) is 0 Å². The van der Waals surface area contributed by atoms with E-state index in [-0.39, 0.29) is 0 Å². The molecule has 0 unspecified atom stereocenters. The van der Waals surface area contributed by atoms with Gasteiger partial charge in [-0.15, -0.1) is 11.8 Å². The number of hydrogen-bond acceptors (Lipinski definition) is 4. The molecule has 16 heavy (non-hydrogen) atoms. The van der Waals surface area contributed by atoms with Gasteiger partial charge in [0.05, 0.1) is 17.9 Å². The van der Waals surface area contributed by atoms with Crippen molar-refractivity contribution in [3.63, 3.8) is 0 Å². The highest BCUT2D eigenvalue weighted by molar-refractivity contribution is 8.10. The van der Waals surface area contributed by atoms with Gasteiger partial charge in [0.1, 0.15) is 0 Å². The molecule has 0 spiro atoms. The van der Waals surface area contributed by atoms with Gasteiger partial charge in [-0.2, -0.15) is 0 Å². The Balaban J connectivity index is 2.97. The Morgan fingerprint density at radius 2 is 1.88 bits per heavy atom. The molecule has 0 radical (unpaired) electrons. The van der Waals surface area contributed by atoms with Crippen molar-refractivity contribution in [2.75, 3.05) is 19.0 Å². The normalized spacial score (nSPS) is 17.6. The summed E-state index contributed by atoms with van der Waals surface area (Å²) in [6.45, 7) is 8.56. The molecule has 0 atom stereocenters. The molecule has 0 aliphatic carbocycles. The molecule has 0 bridgehead atoms. The summed E-state index contributed by atoms with van der Waals surface area (Å²) in [5.74, 6) is 0.863. The fourth-order valence-electron chi connectivity index (χ4n) is 1.31. The van der Waals surface area contributed by atoms with Crippen LogP contribution in [0, 0.1) is 0 Å². The molecule has 5 heteroatoms. The van der Waals surface area contributed by atoms with E-state index in [1.54, 1.807) is 11.8 Å². The Morgan fingerprint density at radius 3 is 2.31 bits per heavy atom. The van der Waals surface area contributed by atoms with Gasteiger partial charge in [-0.25, -0.2) is 0 Å². The van der Waals surface area contributed by atoms with E-state index < -0.39 is 7.60 Å². The SMILES string of the molecule is CCOP(=O)(OCC)C1=CC(C)=C(C)CS1. The molecule has 1 aliphatic rings. The second kappa shape index (κ2) is 6.06. The first-order valence-electron chi connectivity index (χ1n) is 5.44. The van der Waals surface area contributed by atoms with Crippen molar-refractivity contribution < 1.29 is 13.6 Å². The summed E-state index contributed by atoms with van der Waals surface area (Å²) in [6.07, 6.45) is 1.93. The maximum absolute atomic E-state index is 12.5. The summed E-state index contributed by atoms with van der Waals surface area (Å²) in [7, 11) is -3.07. The average Bonchev–Trinajstić information content (AvgIpc) is 2.22. The van der Waals surface area contributed by atoms with Crippen LogP contribution < -0.4 is 0 Å². The van der Waals surface area contributed by atoms with Gasteiger partial charge in [0.15, 0.2) is 0 Å². The van der Waals surface area contributed by atoms with E-state index in [0.717, 1.165) is 16.0 Å². The zero-order chi connectivity index (χ0) is 12.2. The minimum atomic E-state index is -3.07. The topological polar surface area (TPSA) is 35.5 Å². The van der Waals surface area contributed by atoms with Crippen LogP contribution in [-0.2, 0) is 13.6 Å². The van der Waals surface area contributed by atoms with Crippen LogP contribution in [0.3, 0.4) is 0 Å². The van der Waals surface area contributed by atoms with E-state index in [1.165, 1.54) is 5.57 Å². The predicted octanol–water partition coefficient (Wildman–Crippen LogP) is 4.18. The molecule has 92 valence electrons. The van der Waals surface area contributed by atoms with Crippen molar-refractivity contribution in [2.45, 2.75) is 27.7 Å². The number of rotatable bonds is 5. The standard InChI is InChI=1S/C11H19O3PS/c1-5-13-15(12,14-6-2)11-7-9(3)10(4)8-16-11/h7H,5-6,8H2,1-4H3. The minimum Gasteiger partial charge on any atom is -0.305 e.